The lowest BCUT2D eigenvalue weighted by Crippen LogP contribution is -2.44. The highest BCUT2D eigenvalue weighted by molar-refractivity contribution is 5.86. The maximum absolute atomic E-state index is 5.84. The van der Waals surface area contributed by atoms with Crippen LogP contribution >= 0.6 is 0 Å². The second kappa shape index (κ2) is 4.49. The molecule has 0 aliphatic rings. The summed E-state index contributed by atoms with van der Waals surface area (Å²) in [7, 11) is 4.09. The van der Waals surface area contributed by atoms with E-state index in [4.69, 9.17) is 10.2 Å². The average molecular weight is 248 g/mol. The molecule has 0 bridgehead atoms. The number of likely N-dealkylation sites (N-methyl/N-ethyl adjacent to an activating group) is 1. The van der Waals surface area contributed by atoms with Gasteiger partial charge in [-0.25, -0.2) is 0 Å². The number of nitrogens with zero attached hydrogens (tertiary/aromatic N) is 2. The van der Waals surface area contributed by atoms with E-state index >= 15 is 0 Å². The largest absolute Gasteiger partial charge is 0.423 e. The first-order valence-electron chi connectivity index (χ1n) is 5.96. The molecule has 0 atom stereocenters. The van der Waals surface area contributed by atoms with E-state index in [9.17, 15) is 0 Å². The van der Waals surface area contributed by atoms with Gasteiger partial charge in [-0.1, -0.05) is 6.07 Å². The Bertz CT molecular complexity index is 545. The summed E-state index contributed by atoms with van der Waals surface area (Å²) in [5.74, 6) is 0. The number of fused-ring (bicyclic) bond motifs is 1. The molecule has 1 aromatic carbocycles. The number of nitrogen functional groups attached to an aromatic ring is 1. The number of hydrogen-bond acceptors (Lipinski definition) is 5. The number of nitrogens with one attached hydrogen (secondary N) is 1. The second-order valence-corrected chi connectivity index (χ2v) is 5.27. The zero-order chi connectivity index (χ0) is 13.3. The molecule has 0 unspecified atom stereocenters. The van der Waals surface area contributed by atoms with Crippen LogP contribution in [-0.4, -0.2) is 36.1 Å². The van der Waals surface area contributed by atoms with Gasteiger partial charge >= 0.3 is 0 Å². The first kappa shape index (κ1) is 12.7. The normalized spacial score (nSPS) is 12.3. The van der Waals surface area contributed by atoms with E-state index < -0.39 is 0 Å². The van der Waals surface area contributed by atoms with Gasteiger partial charge in [0.25, 0.3) is 6.01 Å². The number of anilines is 2. The molecule has 1 heterocycles. The minimum atomic E-state index is 0.0200. The summed E-state index contributed by atoms with van der Waals surface area (Å²) in [4.78, 5) is 6.50. The van der Waals surface area contributed by atoms with Crippen LogP contribution in [0.4, 0.5) is 11.7 Å². The monoisotopic (exact) mass is 248 g/mol. The maximum atomic E-state index is 5.84. The quantitative estimate of drug-likeness (QED) is 0.812. The minimum Gasteiger partial charge on any atom is -0.423 e. The Labute approximate surface area is 107 Å². The standard InChI is InChI=1S/C13H20N4O/c1-13(2,17(3)4)8-15-12-16-11-9(14)6-5-7-10(11)18-12/h5-7H,8,14H2,1-4H3,(H,15,16). The summed E-state index contributed by atoms with van der Waals surface area (Å²) in [6.45, 7) is 5.04. The lowest BCUT2D eigenvalue weighted by Gasteiger charge is -2.32. The number of aromatic nitrogens is 1. The van der Waals surface area contributed by atoms with Gasteiger partial charge in [0.2, 0.25) is 0 Å². The molecule has 1 aromatic heterocycles. The van der Waals surface area contributed by atoms with Gasteiger partial charge < -0.3 is 20.4 Å². The Hall–Kier alpha value is -1.75. The average Bonchev–Trinajstić information content (AvgIpc) is 2.71. The topological polar surface area (TPSA) is 67.3 Å². The van der Waals surface area contributed by atoms with Crippen molar-refractivity contribution in [3.8, 4) is 0 Å². The Morgan fingerprint density at radius 3 is 2.72 bits per heavy atom. The van der Waals surface area contributed by atoms with Crippen LogP contribution in [-0.2, 0) is 0 Å². The van der Waals surface area contributed by atoms with E-state index in [0.29, 0.717) is 22.8 Å². The van der Waals surface area contributed by atoms with Gasteiger partial charge in [0.1, 0.15) is 5.52 Å². The van der Waals surface area contributed by atoms with Crippen molar-refractivity contribution in [3.05, 3.63) is 18.2 Å². The van der Waals surface area contributed by atoms with Crippen LogP contribution in [0.5, 0.6) is 0 Å². The van der Waals surface area contributed by atoms with Gasteiger partial charge in [0.05, 0.1) is 5.69 Å². The molecular formula is C13H20N4O. The molecule has 98 valence electrons. The predicted octanol–water partition coefficient (Wildman–Crippen LogP) is 2.16. The molecule has 0 aliphatic heterocycles. The van der Waals surface area contributed by atoms with E-state index in [1.54, 1.807) is 0 Å². The van der Waals surface area contributed by atoms with Gasteiger partial charge in [-0.3, -0.25) is 0 Å². The summed E-state index contributed by atoms with van der Waals surface area (Å²) in [5, 5.41) is 3.21. The molecular weight excluding hydrogens is 228 g/mol. The molecule has 5 nitrogen and oxygen atoms in total. The van der Waals surface area contributed by atoms with Crippen LogP contribution in [0.3, 0.4) is 0 Å². The smallest absolute Gasteiger partial charge is 0.295 e. The number of nitrogens with two attached hydrogens (primary N) is 1. The van der Waals surface area contributed by atoms with Crippen LogP contribution in [0.1, 0.15) is 13.8 Å². The molecule has 0 saturated heterocycles. The molecule has 5 heteroatoms. The molecule has 2 rings (SSSR count). The van der Waals surface area contributed by atoms with Crippen molar-refractivity contribution in [3.63, 3.8) is 0 Å². The van der Waals surface area contributed by atoms with E-state index in [1.165, 1.54) is 0 Å². The van der Waals surface area contributed by atoms with Crippen LogP contribution < -0.4 is 11.1 Å². The van der Waals surface area contributed by atoms with Crippen molar-refractivity contribution in [1.29, 1.82) is 0 Å². The van der Waals surface area contributed by atoms with Gasteiger partial charge in [-0.05, 0) is 40.1 Å². The number of hydrogen-bond donors (Lipinski definition) is 2. The van der Waals surface area contributed by atoms with Crippen LogP contribution in [0.25, 0.3) is 11.1 Å². The maximum Gasteiger partial charge on any atom is 0.295 e. The van der Waals surface area contributed by atoms with E-state index in [1.807, 2.05) is 32.3 Å². The Kier molecular flexibility index (Phi) is 3.17. The van der Waals surface area contributed by atoms with Crippen molar-refractivity contribution in [1.82, 2.24) is 9.88 Å². The molecule has 0 aliphatic carbocycles. The highest BCUT2D eigenvalue weighted by Crippen LogP contribution is 2.24. The third-order valence-electron chi connectivity index (χ3n) is 3.33. The van der Waals surface area contributed by atoms with E-state index in [2.05, 4.69) is 29.0 Å². The lowest BCUT2D eigenvalue weighted by molar-refractivity contribution is 0.209. The van der Waals surface area contributed by atoms with Gasteiger partial charge in [-0.15, -0.1) is 0 Å². The summed E-state index contributed by atoms with van der Waals surface area (Å²) in [5.41, 5.74) is 7.92. The molecule has 0 radical (unpaired) electrons. The molecule has 0 amide bonds. The fourth-order valence-electron chi connectivity index (χ4n) is 1.50. The fraction of sp³-hybridized carbons (Fsp3) is 0.462. The fourth-order valence-corrected chi connectivity index (χ4v) is 1.50. The van der Waals surface area contributed by atoms with Crippen LogP contribution in [0.15, 0.2) is 22.6 Å². The molecule has 18 heavy (non-hydrogen) atoms. The zero-order valence-corrected chi connectivity index (χ0v) is 11.3. The summed E-state index contributed by atoms with van der Waals surface area (Å²) >= 11 is 0. The minimum absolute atomic E-state index is 0.0200. The molecule has 2 aromatic rings. The predicted molar refractivity (Wildman–Crippen MR) is 74.7 cm³/mol. The Morgan fingerprint density at radius 2 is 2.11 bits per heavy atom. The molecule has 0 spiro atoms. The third-order valence-corrected chi connectivity index (χ3v) is 3.33. The van der Waals surface area contributed by atoms with Crippen molar-refractivity contribution >= 4 is 22.8 Å². The molecule has 0 fully saturated rings. The second-order valence-electron chi connectivity index (χ2n) is 5.27. The first-order chi connectivity index (χ1) is 8.40. The van der Waals surface area contributed by atoms with Crippen molar-refractivity contribution in [2.75, 3.05) is 31.7 Å². The lowest BCUT2D eigenvalue weighted by atomic mass is 10.1. The van der Waals surface area contributed by atoms with Gasteiger partial charge in [-0.2, -0.15) is 4.98 Å². The number of para-hydroxylation sites is 1. The summed E-state index contributed by atoms with van der Waals surface area (Å²) < 4.78 is 5.60. The van der Waals surface area contributed by atoms with Crippen molar-refractivity contribution < 1.29 is 4.42 Å². The number of oxazole rings is 1. The zero-order valence-electron chi connectivity index (χ0n) is 11.3. The highest BCUT2D eigenvalue weighted by atomic mass is 16.4. The van der Waals surface area contributed by atoms with Gasteiger partial charge in [0, 0.05) is 12.1 Å². The first-order valence-corrected chi connectivity index (χ1v) is 5.96. The third kappa shape index (κ3) is 2.41. The van der Waals surface area contributed by atoms with Crippen LogP contribution in [0, 0.1) is 0 Å². The van der Waals surface area contributed by atoms with E-state index in [-0.39, 0.29) is 5.54 Å². The number of rotatable bonds is 4. The van der Waals surface area contributed by atoms with Crippen LogP contribution in [0.2, 0.25) is 0 Å². The van der Waals surface area contributed by atoms with Crippen molar-refractivity contribution in [2.45, 2.75) is 19.4 Å². The summed E-state index contributed by atoms with van der Waals surface area (Å²) in [6, 6.07) is 6.05. The molecule has 3 N–H and O–H groups in total. The SMILES string of the molecule is CN(C)C(C)(C)CNc1nc2c(N)cccc2o1. The Balaban J connectivity index is 2.16. The summed E-state index contributed by atoms with van der Waals surface area (Å²) in [6.07, 6.45) is 0. The molecule has 0 saturated carbocycles. The Morgan fingerprint density at radius 1 is 1.39 bits per heavy atom. The van der Waals surface area contributed by atoms with E-state index in [0.717, 1.165) is 6.54 Å². The highest BCUT2D eigenvalue weighted by Gasteiger charge is 2.21. The van der Waals surface area contributed by atoms with Gasteiger partial charge in [0.15, 0.2) is 5.58 Å². The van der Waals surface area contributed by atoms with Crippen molar-refractivity contribution in [2.24, 2.45) is 0 Å². The number of benzene rings is 1.